The molecule has 0 saturated heterocycles. The summed E-state index contributed by atoms with van der Waals surface area (Å²) in [4.78, 5) is 2.19. The second kappa shape index (κ2) is 5.55. The van der Waals surface area contributed by atoms with Crippen LogP contribution in [0, 0.1) is 6.92 Å². The highest BCUT2D eigenvalue weighted by atomic mass is 16.5. The van der Waals surface area contributed by atoms with Crippen LogP contribution in [0.15, 0.2) is 53.1 Å². The summed E-state index contributed by atoms with van der Waals surface area (Å²) in [5, 5.41) is 0. The van der Waals surface area contributed by atoms with Gasteiger partial charge in [-0.1, -0.05) is 30.3 Å². The van der Waals surface area contributed by atoms with Crippen molar-refractivity contribution in [2.24, 2.45) is 0 Å². The number of ether oxygens (including phenoxy) is 1. The summed E-state index contributed by atoms with van der Waals surface area (Å²) in [6, 6.07) is 14.7. The Morgan fingerprint density at radius 2 is 1.80 bits per heavy atom. The molecule has 25 heavy (non-hydrogen) atoms. The van der Waals surface area contributed by atoms with Crippen molar-refractivity contribution in [2.75, 3.05) is 11.5 Å². The van der Waals surface area contributed by atoms with Crippen molar-refractivity contribution in [1.82, 2.24) is 0 Å². The highest BCUT2D eigenvalue weighted by Gasteiger charge is 2.27. The van der Waals surface area contributed by atoms with E-state index in [1.165, 1.54) is 16.7 Å². The first-order chi connectivity index (χ1) is 12.3. The third-order valence-electron chi connectivity index (χ3n) is 5.03. The van der Waals surface area contributed by atoms with E-state index in [4.69, 9.17) is 9.15 Å². The Morgan fingerprint density at radius 3 is 2.76 bits per heavy atom. The maximum atomic E-state index is 6.13. The smallest absolute Gasteiger partial charge is 0.211 e. The number of para-hydroxylation sites is 1. The van der Waals surface area contributed by atoms with Crippen molar-refractivity contribution in [1.29, 1.82) is 0 Å². The SMILES string of the molecule is Cc1ccc(N2c3ccccc3C=Cc3ccoc32)c2c1CCCO2. The summed E-state index contributed by atoms with van der Waals surface area (Å²) < 4.78 is 12.0. The van der Waals surface area contributed by atoms with Gasteiger partial charge in [-0.3, -0.25) is 4.90 Å². The first-order valence-electron chi connectivity index (χ1n) is 8.73. The van der Waals surface area contributed by atoms with Crippen LogP contribution < -0.4 is 9.64 Å². The van der Waals surface area contributed by atoms with Gasteiger partial charge in [0.2, 0.25) is 5.88 Å². The first-order valence-corrected chi connectivity index (χ1v) is 8.73. The average Bonchev–Trinajstić information content (AvgIpc) is 3.06. The lowest BCUT2D eigenvalue weighted by atomic mass is 9.99. The Labute approximate surface area is 147 Å². The molecule has 2 aliphatic heterocycles. The molecule has 3 heterocycles. The minimum Gasteiger partial charge on any atom is -0.491 e. The number of rotatable bonds is 1. The molecule has 0 saturated carbocycles. The lowest BCUT2D eigenvalue weighted by Crippen LogP contribution is -2.17. The molecule has 3 heteroatoms. The van der Waals surface area contributed by atoms with Gasteiger partial charge in [-0.15, -0.1) is 0 Å². The zero-order valence-electron chi connectivity index (χ0n) is 14.2. The van der Waals surface area contributed by atoms with E-state index in [1.54, 1.807) is 6.26 Å². The van der Waals surface area contributed by atoms with Crippen LogP contribution in [-0.2, 0) is 6.42 Å². The monoisotopic (exact) mass is 329 g/mol. The fourth-order valence-corrected chi connectivity index (χ4v) is 3.76. The van der Waals surface area contributed by atoms with Gasteiger partial charge in [0.25, 0.3) is 0 Å². The predicted molar refractivity (Wildman–Crippen MR) is 101 cm³/mol. The van der Waals surface area contributed by atoms with Gasteiger partial charge in [0.15, 0.2) is 0 Å². The average molecular weight is 329 g/mol. The lowest BCUT2D eigenvalue weighted by molar-refractivity contribution is 0.289. The number of aryl methyl sites for hydroxylation is 1. The van der Waals surface area contributed by atoms with Gasteiger partial charge in [0.05, 0.1) is 24.2 Å². The van der Waals surface area contributed by atoms with Gasteiger partial charge >= 0.3 is 0 Å². The number of nitrogens with zero attached hydrogens (tertiary/aromatic N) is 1. The molecule has 2 aromatic carbocycles. The molecule has 2 aliphatic rings. The summed E-state index contributed by atoms with van der Waals surface area (Å²) in [5.74, 6) is 1.83. The van der Waals surface area contributed by atoms with E-state index in [0.29, 0.717) is 0 Å². The number of hydrogen-bond acceptors (Lipinski definition) is 3. The zero-order chi connectivity index (χ0) is 16.8. The van der Waals surface area contributed by atoms with Gasteiger partial charge in [-0.2, -0.15) is 0 Å². The quantitative estimate of drug-likeness (QED) is 0.437. The Kier molecular flexibility index (Phi) is 3.20. The highest BCUT2D eigenvalue weighted by Crippen LogP contribution is 2.48. The molecule has 0 unspecified atom stereocenters. The maximum absolute atomic E-state index is 6.13. The Hall–Kier alpha value is -2.94. The van der Waals surface area contributed by atoms with Gasteiger partial charge in [-0.25, -0.2) is 0 Å². The molecule has 3 nitrogen and oxygen atoms in total. The van der Waals surface area contributed by atoms with E-state index in [1.807, 2.05) is 6.07 Å². The molecule has 0 aliphatic carbocycles. The van der Waals surface area contributed by atoms with Gasteiger partial charge in [-0.05, 0) is 60.7 Å². The van der Waals surface area contributed by atoms with Crippen LogP contribution >= 0.6 is 0 Å². The number of hydrogen-bond donors (Lipinski definition) is 0. The molecule has 0 radical (unpaired) electrons. The van der Waals surface area contributed by atoms with E-state index >= 15 is 0 Å². The van der Waals surface area contributed by atoms with Crippen LogP contribution in [0.25, 0.3) is 12.2 Å². The normalized spacial score (nSPS) is 15.0. The molecular formula is C22H19NO2. The maximum Gasteiger partial charge on any atom is 0.211 e. The molecule has 0 N–H and O–H groups in total. The molecule has 0 atom stereocenters. The first kappa shape index (κ1) is 14.4. The van der Waals surface area contributed by atoms with Crippen molar-refractivity contribution in [3.8, 4) is 5.75 Å². The standard InChI is InChI=1S/C22H19NO2/c1-15-8-11-20(21-18(15)6-4-13-24-21)23-19-7-3-2-5-16(19)9-10-17-12-14-25-22(17)23/h2-3,5,7-12,14H,4,6,13H2,1H3. The number of fused-ring (bicyclic) bond motifs is 3. The van der Waals surface area contributed by atoms with E-state index in [2.05, 4.69) is 60.4 Å². The van der Waals surface area contributed by atoms with Crippen LogP contribution in [0.1, 0.15) is 28.7 Å². The van der Waals surface area contributed by atoms with E-state index in [0.717, 1.165) is 48.0 Å². The number of benzene rings is 2. The number of anilines is 3. The van der Waals surface area contributed by atoms with Crippen molar-refractivity contribution in [3.63, 3.8) is 0 Å². The molecule has 3 aromatic rings. The van der Waals surface area contributed by atoms with E-state index in [-0.39, 0.29) is 0 Å². The summed E-state index contributed by atoms with van der Waals surface area (Å²) in [6.07, 6.45) is 8.14. The second-order valence-electron chi connectivity index (χ2n) is 6.57. The molecule has 0 fully saturated rings. The van der Waals surface area contributed by atoms with Gasteiger partial charge < -0.3 is 9.15 Å². The topological polar surface area (TPSA) is 25.6 Å². The lowest BCUT2D eigenvalue weighted by Gasteiger charge is -2.29. The van der Waals surface area contributed by atoms with E-state index < -0.39 is 0 Å². The van der Waals surface area contributed by atoms with Gasteiger partial charge in [0, 0.05) is 5.56 Å². The molecule has 0 amide bonds. The van der Waals surface area contributed by atoms with Crippen LogP contribution in [0.5, 0.6) is 5.75 Å². The molecule has 0 spiro atoms. The summed E-state index contributed by atoms with van der Waals surface area (Å²) >= 11 is 0. The fraction of sp³-hybridized carbons (Fsp3) is 0.182. The largest absolute Gasteiger partial charge is 0.491 e. The summed E-state index contributed by atoms with van der Waals surface area (Å²) in [7, 11) is 0. The van der Waals surface area contributed by atoms with Crippen LogP contribution in [-0.4, -0.2) is 6.61 Å². The number of furan rings is 1. The molecular weight excluding hydrogens is 310 g/mol. The van der Waals surface area contributed by atoms with Crippen LogP contribution in [0.4, 0.5) is 17.3 Å². The third kappa shape index (κ3) is 2.19. The third-order valence-corrected chi connectivity index (χ3v) is 5.03. The fourth-order valence-electron chi connectivity index (χ4n) is 3.76. The Bertz CT molecular complexity index is 983. The Morgan fingerprint density at radius 1 is 0.920 bits per heavy atom. The molecule has 5 rings (SSSR count). The minimum absolute atomic E-state index is 0.766. The molecule has 1 aromatic heterocycles. The summed E-state index contributed by atoms with van der Waals surface area (Å²) in [6.45, 7) is 2.93. The van der Waals surface area contributed by atoms with E-state index in [9.17, 15) is 0 Å². The van der Waals surface area contributed by atoms with Crippen molar-refractivity contribution in [3.05, 3.63) is 71.0 Å². The summed E-state index contributed by atoms with van der Waals surface area (Å²) in [5.41, 5.74) is 6.99. The van der Waals surface area contributed by atoms with Crippen molar-refractivity contribution < 1.29 is 9.15 Å². The minimum atomic E-state index is 0.766. The van der Waals surface area contributed by atoms with Crippen LogP contribution in [0.2, 0.25) is 0 Å². The predicted octanol–water partition coefficient (Wildman–Crippen LogP) is 5.87. The van der Waals surface area contributed by atoms with Crippen LogP contribution in [0.3, 0.4) is 0 Å². The Balaban J connectivity index is 1.80. The molecule has 0 bridgehead atoms. The zero-order valence-corrected chi connectivity index (χ0v) is 14.2. The van der Waals surface area contributed by atoms with Crippen molar-refractivity contribution in [2.45, 2.75) is 19.8 Å². The molecule has 124 valence electrons. The highest BCUT2D eigenvalue weighted by molar-refractivity contribution is 5.92. The van der Waals surface area contributed by atoms with Gasteiger partial charge in [0.1, 0.15) is 5.75 Å². The second-order valence-corrected chi connectivity index (χ2v) is 6.57. The van der Waals surface area contributed by atoms with Crippen molar-refractivity contribution >= 4 is 29.4 Å².